The topological polar surface area (TPSA) is 105 Å². The first kappa shape index (κ1) is 20.1. The van der Waals surface area contributed by atoms with Crippen molar-refractivity contribution in [1.82, 2.24) is 19.4 Å². The summed E-state index contributed by atoms with van der Waals surface area (Å²) in [6, 6.07) is 1.72. The lowest BCUT2D eigenvalue weighted by molar-refractivity contribution is -0.132. The highest BCUT2D eigenvalue weighted by atomic mass is 32.1. The van der Waals surface area contributed by atoms with E-state index >= 15 is 0 Å². The molecule has 0 saturated carbocycles. The summed E-state index contributed by atoms with van der Waals surface area (Å²) in [6.45, 7) is 4.30. The maximum absolute atomic E-state index is 12.4. The van der Waals surface area contributed by atoms with Crippen LogP contribution in [0.5, 0.6) is 0 Å². The number of fused-ring (bicyclic) bond motifs is 1. The molecule has 28 heavy (non-hydrogen) atoms. The first-order chi connectivity index (χ1) is 13.5. The molecule has 1 fully saturated rings. The molecule has 0 unspecified atom stereocenters. The number of H-pyrrole nitrogens is 1. The molecule has 1 aliphatic rings. The molecule has 1 saturated heterocycles. The van der Waals surface area contributed by atoms with Gasteiger partial charge in [0.1, 0.15) is 4.70 Å². The van der Waals surface area contributed by atoms with Gasteiger partial charge in [0, 0.05) is 39.1 Å². The van der Waals surface area contributed by atoms with E-state index in [4.69, 9.17) is 4.74 Å². The standard InChI is InChI=1S/C18H24N4O5S/c1-2-27-18(26)21-10-8-20(9-11-21)14(23)5-3-4-7-22-16(24)15-13(6-12-28-15)19-17(22)25/h6,12H,2-5,7-11H2,1H3,(H,19,25). The van der Waals surface area contributed by atoms with Crippen LogP contribution in [0.4, 0.5) is 4.79 Å². The summed E-state index contributed by atoms with van der Waals surface area (Å²) >= 11 is 1.30. The third kappa shape index (κ3) is 4.44. The number of amides is 2. The Kier molecular flexibility index (Phi) is 6.50. The van der Waals surface area contributed by atoms with Crippen molar-refractivity contribution in [2.45, 2.75) is 32.7 Å². The average Bonchev–Trinajstić information content (AvgIpc) is 3.16. The van der Waals surface area contributed by atoms with E-state index in [0.717, 1.165) is 0 Å². The molecule has 152 valence electrons. The quantitative estimate of drug-likeness (QED) is 0.724. The number of hydrogen-bond acceptors (Lipinski definition) is 6. The van der Waals surface area contributed by atoms with Gasteiger partial charge in [0.15, 0.2) is 0 Å². The largest absolute Gasteiger partial charge is 0.450 e. The van der Waals surface area contributed by atoms with Crippen LogP contribution >= 0.6 is 11.3 Å². The molecule has 2 amide bonds. The van der Waals surface area contributed by atoms with E-state index in [9.17, 15) is 19.2 Å². The number of nitrogens with one attached hydrogen (secondary N) is 1. The maximum Gasteiger partial charge on any atom is 0.409 e. The minimum Gasteiger partial charge on any atom is -0.450 e. The fourth-order valence-electron chi connectivity index (χ4n) is 3.23. The predicted octanol–water partition coefficient (Wildman–Crippen LogP) is 1.22. The van der Waals surface area contributed by atoms with Crippen molar-refractivity contribution in [3.63, 3.8) is 0 Å². The molecule has 10 heteroatoms. The van der Waals surface area contributed by atoms with E-state index in [1.165, 1.54) is 15.9 Å². The molecule has 2 aromatic heterocycles. The van der Waals surface area contributed by atoms with Crippen LogP contribution in [-0.4, -0.2) is 64.1 Å². The molecule has 3 rings (SSSR count). The van der Waals surface area contributed by atoms with Crippen LogP contribution in [0.3, 0.4) is 0 Å². The Labute approximate surface area is 165 Å². The number of nitrogens with zero attached hydrogens (tertiary/aromatic N) is 3. The maximum atomic E-state index is 12.4. The lowest BCUT2D eigenvalue weighted by Gasteiger charge is -2.34. The van der Waals surface area contributed by atoms with E-state index in [2.05, 4.69) is 4.98 Å². The van der Waals surface area contributed by atoms with Gasteiger partial charge in [0.05, 0.1) is 12.1 Å². The van der Waals surface area contributed by atoms with Crippen molar-refractivity contribution in [3.05, 3.63) is 32.3 Å². The van der Waals surface area contributed by atoms with Crippen LogP contribution in [-0.2, 0) is 16.1 Å². The van der Waals surface area contributed by atoms with Crippen molar-refractivity contribution in [1.29, 1.82) is 0 Å². The third-order valence-corrected chi connectivity index (χ3v) is 5.67. The normalized spacial score (nSPS) is 14.5. The number of aromatic amines is 1. The minimum atomic E-state index is -0.419. The highest BCUT2D eigenvalue weighted by Gasteiger charge is 2.24. The van der Waals surface area contributed by atoms with Gasteiger partial charge in [-0.25, -0.2) is 9.59 Å². The van der Waals surface area contributed by atoms with Gasteiger partial charge >= 0.3 is 11.8 Å². The smallest absolute Gasteiger partial charge is 0.409 e. The lowest BCUT2D eigenvalue weighted by atomic mass is 10.2. The second-order valence-electron chi connectivity index (χ2n) is 6.57. The van der Waals surface area contributed by atoms with Gasteiger partial charge in [0.2, 0.25) is 5.91 Å². The fraction of sp³-hybridized carbons (Fsp3) is 0.556. The van der Waals surface area contributed by atoms with Crippen molar-refractivity contribution in [2.24, 2.45) is 0 Å². The molecule has 0 radical (unpaired) electrons. The molecule has 0 atom stereocenters. The first-order valence-electron chi connectivity index (χ1n) is 9.41. The van der Waals surface area contributed by atoms with Crippen molar-refractivity contribution >= 4 is 33.6 Å². The number of carbonyl (C=O) groups excluding carboxylic acids is 2. The SMILES string of the molecule is CCOC(=O)N1CCN(C(=O)CCCCn2c(=O)[nH]c3ccsc3c2=O)CC1. The molecule has 9 nitrogen and oxygen atoms in total. The molecule has 0 bridgehead atoms. The summed E-state index contributed by atoms with van der Waals surface area (Å²) in [5.74, 6) is 0.0264. The summed E-state index contributed by atoms with van der Waals surface area (Å²) < 4.78 is 6.70. The first-order valence-corrected chi connectivity index (χ1v) is 10.3. The second-order valence-corrected chi connectivity index (χ2v) is 7.49. The van der Waals surface area contributed by atoms with Gasteiger partial charge in [-0.05, 0) is 31.2 Å². The Morgan fingerprint density at radius 3 is 2.57 bits per heavy atom. The molecule has 0 aliphatic carbocycles. The van der Waals surface area contributed by atoms with Gasteiger partial charge in [-0.2, -0.15) is 0 Å². The lowest BCUT2D eigenvalue weighted by Crippen LogP contribution is -2.50. The summed E-state index contributed by atoms with van der Waals surface area (Å²) in [4.78, 5) is 54.5. The summed E-state index contributed by atoms with van der Waals surface area (Å²) in [5, 5.41) is 1.77. The Hall–Kier alpha value is -2.62. The van der Waals surface area contributed by atoms with Gasteiger partial charge in [-0.3, -0.25) is 14.2 Å². The van der Waals surface area contributed by atoms with Gasteiger partial charge < -0.3 is 19.5 Å². The molecular formula is C18H24N4O5S. The zero-order valence-electron chi connectivity index (χ0n) is 15.8. The van der Waals surface area contributed by atoms with E-state index in [1.807, 2.05) is 0 Å². The summed E-state index contributed by atoms with van der Waals surface area (Å²) in [5.41, 5.74) is -0.138. The molecule has 0 aromatic carbocycles. The Morgan fingerprint density at radius 1 is 1.14 bits per heavy atom. The van der Waals surface area contributed by atoms with Crippen molar-refractivity contribution in [3.8, 4) is 0 Å². The van der Waals surface area contributed by atoms with E-state index in [0.29, 0.717) is 62.3 Å². The van der Waals surface area contributed by atoms with Gasteiger partial charge in [-0.1, -0.05) is 0 Å². The van der Waals surface area contributed by atoms with Gasteiger partial charge in [-0.15, -0.1) is 11.3 Å². The predicted molar refractivity (Wildman–Crippen MR) is 106 cm³/mol. The molecule has 3 heterocycles. The molecule has 0 spiro atoms. The number of piperazine rings is 1. The number of carbonyl (C=O) groups is 2. The number of thiophene rings is 1. The van der Waals surface area contributed by atoms with Crippen LogP contribution < -0.4 is 11.2 Å². The number of aromatic nitrogens is 2. The molecular weight excluding hydrogens is 384 g/mol. The van der Waals surface area contributed by atoms with E-state index in [1.54, 1.807) is 28.2 Å². The zero-order valence-corrected chi connectivity index (χ0v) is 16.6. The van der Waals surface area contributed by atoms with Gasteiger partial charge in [0.25, 0.3) is 5.56 Å². The molecule has 2 aromatic rings. The van der Waals surface area contributed by atoms with E-state index in [-0.39, 0.29) is 24.1 Å². The van der Waals surface area contributed by atoms with Crippen LogP contribution in [0.2, 0.25) is 0 Å². The van der Waals surface area contributed by atoms with Crippen LogP contribution in [0.15, 0.2) is 21.0 Å². The Bertz CT molecular complexity index is 955. The average molecular weight is 408 g/mol. The van der Waals surface area contributed by atoms with Crippen LogP contribution in [0.1, 0.15) is 26.2 Å². The van der Waals surface area contributed by atoms with Crippen molar-refractivity contribution < 1.29 is 14.3 Å². The minimum absolute atomic E-state index is 0.0264. The number of hydrogen-bond donors (Lipinski definition) is 1. The monoisotopic (exact) mass is 408 g/mol. The Balaban J connectivity index is 1.45. The van der Waals surface area contributed by atoms with Crippen LogP contribution in [0.25, 0.3) is 10.2 Å². The Morgan fingerprint density at radius 2 is 1.86 bits per heavy atom. The zero-order chi connectivity index (χ0) is 20.1. The highest BCUT2D eigenvalue weighted by Crippen LogP contribution is 2.12. The summed E-state index contributed by atoms with van der Waals surface area (Å²) in [6.07, 6.45) is 1.17. The summed E-state index contributed by atoms with van der Waals surface area (Å²) in [7, 11) is 0. The van der Waals surface area contributed by atoms with Crippen molar-refractivity contribution in [2.75, 3.05) is 32.8 Å². The molecule has 1 N–H and O–H groups in total. The fourth-order valence-corrected chi connectivity index (χ4v) is 4.03. The molecule has 1 aliphatic heterocycles. The number of rotatable bonds is 6. The number of unbranched alkanes of at least 4 members (excludes halogenated alkanes) is 1. The van der Waals surface area contributed by atoms with E-state index < -0.39 is 5.69 Å². The second kappa shape index (κ2) is 9.05. The van der Waals surface area contributed by atoms with Crippen LogP contribution in [0, 0.1) is 0 Å². The number of ether oxygens (including phenoxy) is 1. The third-order valence-electron chi connectivity index (χ3n) is 4.77. The highest BCUT2D eigenvalue weighted by molar-refractivity contribution is 7.17.